The fraction of sp³-hybridized carbons (Fsp3) is 0.429. The summed E-state index contributed by atoms with van der Waals surface area (Å²) in [5.74, 6) is -4.66. The molecule has 15 heteroatoms. The molecule has 4 unspecified atom stereocenters. The summed E-state index contributed by atoms with van der Waals surface area (Å²) < 4.78 is 99.1. The SMILES string of the molecule is COc1ccc(F)c(F)c1C1CC1CN.COc1ccc(F)c(F)c1C1CC1CNC(=O)OC(C)(C)C.COc1ccc(F)c(F)c1C=O.Cl. The largest absolute Gasteiger partial charge is 0.496 e. The monoisotopic (exact) mass is 734 g/mol. The van der Waals surface area contributed by atoms with Crippen LogP contribution in [0.25, 0.3) is 0 Å². The summed E-state index contributed by atoms with van der Waals surface area (Å²) in [4.78, 5) is 21.9. The van der Waals surface area contributed by atoms with Gasteiger partial charge in [-0.25, -0.2) is 31.1 Å². The normalized spacial score (nSPS) is 18.5. The highest BCUT2D eigenvalue weighted by atomic mass is 35.5. The first-order valence-corrected chi connectivity index (χ1v) is 15.3. The number of benzene rings is 3. The molecule has 2 fully saturated rings. The van der Waals surface area contributed by atoms with Gasteiger partial charge in [0.25, 0.3) is 0 Å². The number of alkyl carbamates (subject to hydrolysis) is 1. The summed E-state index contributed by atoms with van der Waals surface area (Å²) in [6.45, 7) is 6.20. The van der Waals surface area contributed by atoms with Gasteiger partial charge in [0.2, 0.25) is 0 Å². The topological polar surface area (TPSA) is 109 Å². The summed E-state index contributed by atoms with van der Waals surface area (Å²) in [6.07, 6.45) is 1.20. The van der Waals surface area contributed by atoms with Crippen molar-refractivity contribution in [2.75, 3.05) is 34.4 Å². The smallest absolute Gasteiger partial charge is 0.407 e. The Kier molecular flexibility index (Phi) is 15.3. The minimum absolute atomic E-state index is 0. The molecule has 1 amide bonds. The van der Waals surface area contributed by atoms with Crippen molar-refractivity contribution >= 4 is 24.8 Å². The number of rotatable bonds is 9. The Morgan fingerprint density at radius 3 is 1.58 bits per heavy atom. The van der Waals surface area contributed by atoms with Crippen LogP contribution < -0.4 is 25.3 Å². The fourth-order valence-electron chi connectivity index (χ4n) is 5.20. The number of hydrogen-bond acceptors (Lipinski definition) is 7. The zero-order valence-electron chi connectivity index (χ0n) is 28.4. The average Bonchev–Trinajstić information content (AvgIpc) is 3.99. The highest BCUT2D eigenvalue weighted by Gasteiger charge is 2.43. The molecule has 0 radical (unpaired) electrons. The molecule has 3 aromatic carbocycles. The van der Waals surface area contributed by atoms with Gasteiger partial charge in [-0.1, -0.05) is 0 Å². The molecule has 0 spiro atoms. The predicted molar refractivity (Wildman–Crippen MR) is 176 cm³/mol. The van der Waals surface area contributed by atoms with Crippen molar-refractivity contribution in [1.82, 2.24) is 5.32 Å². The maximum atomic E-state index is 14.0. The maximum Gasteiger partial charge on any atom is 0.407 e. The molecule has 276 valence electrons. The molecule has 2 saturated carbocycles. The van der Waals surface area contributed by atoms with Crippen LogP contribution in [-0.4, -0.2) is 52.4 Å². The van der Waals surface area contributed by atoms with Gasteiger partial charge in [-0.2, -0.15) is 0 Å². The van der Waals surface area contributed by atoms with Crippen molar-refractivity contribution in [3.8, 4) is 17.2 Å². The number of hydrogen-bond donors (Lipinski definition) is 2. The molecule has 0 heterocycles. The quantitative estimate of drug-likeness (QED) is 0.170. The number of halogens is 7. The van der Waals surface area contributed by atoms with Crippen LogP contribution in [0.2, 0.25) is 0 Å². The van der Waals surface area contributed by atoms with E-state index in [1.807, 2.05) is 0 Å². The van der Waals surface area contributed by atoms with E-state index in [0.29, 0.717) is 36.6 Å². The first kappa shape index (κ1) is 42.0. The van der Waals surface area contributed by atoms with Crippen LogP contribution in [0, 0.1) is 46.7 Å². The third-order valence-electron chi connectivity index (χ3n) is 7.85. The number of methoxy groups -OCH3 is 3. The van der Waals surface area contributed by atoms with Crippen molar-refractivity contribution in [3.05, 3.63) is 88.0 Å². The summed E-state index contributed by atoms with van der Waals surface area (Å²) in [5, 5.41) is 2.65. The third kappa shape index (κ3) is 10.7. The zero-order valence-corrected chi connectivity index (χ0v) is 29.2. The molecular weight excluding hydrogens is 694 g/mol. The average molecular weight is 735 g/mol. The molecule has 0 aliphatic heterocycles. The second kappa shape index (κ2) is 18.2. The summed E-state index contributed by atoms with van der Waals surface area (Å²) in [7, 11) is 4.15. The lowest BCUT2D eigenvalue weighted by Crippen LogP contribution is -2.33. The van der Waals surface area contributed by atoms with Crippen molar-refractivity contribution in [2.24, 2.45) is 17.6 Å². The van der Waals surface area contributed by atoms with Crippen LogP contribution in [0.15, 0.2) is 36.4 Å². The van der Waals surface area contributed by atoms with Crippen LogP contribution in [0.5, 0.6) is 17.2 Å². The zero-order chi connectivity index (χ0) is 36.6. The van der Waals surface area contributed by atoms with Crippen LogP contribution in [-0.2, 0) is 4.74 Å². The number of nitrogens with one attached hydrogen (secondary N) is 1. The van der Waals surface area contributed by atoms with E-state index in [9.17, 15) is 35.9 Å². The van der Waals surface area contributed by atoms with E-state index in [2.05, 4.69) is 10.1 Å². The molecule has 8 nitrogen and oxygen atoms in total. The van der Waals surface area contributed by atoms with E-state index in [-0.39, 0.29) is 53.7 Å². The molecule has 0 saturated heterocycles. The summed E-state index contributed by atoms with van der Waals surface area (Å²) in [5.41, 5.74) is 5.12. The molecule has 2 aliphatic rings. The van der Waals surface area contributed by atoms with Gasteiger partial charge < -0.3 is 30.0 Å². The lowest BCUT2D eigenvalue weighted by atomic mass is 10.1. The summed E-state index contributed by atoms with van der Waals surface area (Å²) >= 11 is 0. The van der Waals surface area contributed by atoms with Crippen molar-refractivity contribution in [3.63, 3.8) is 0 Å². The number of nitrogens with two attached hydrogens (primary N) is 1. The summed E-state index contributed by atoms with van der Waals surface area (Å²) in [6, 6.07) is 7.11. The predicted octanol–water partition coefficient (Wildman–Crippen LogP) is 7.84. The van der Waals surface area contributed by atoms with Crippen molar-refractivity contribution < 1.29 is 54.9 Å². The van der Waals surface area contributed by atoms with Gasteiger partial charge in [0, 0.05) is 17.7 Å². The Morgan fingerprint density at radius 2 is 1.18 bits per heavy atom. The van der Waals surface area contributed by atoms with Gasteiger partial charge in [0.15, 0.2) is 41.2 Å². The van der Waals surface area contributed by atoms with Crippen LogP contribution in [0.1, 0.15) is 66.9 Å². The minimum Gasteiger partial charge on any atom is -0.496 e. The van der Waals surface area contributed by atoms with E-state index in [4.69, 9.17) is 19.9 Å². The molecule has 5 rings (SSSR count). The molecule has 50 heavy (non-hydrogen) atoms. The highest BCUT2D eigenvalue weighted by Crippen LogP contribution is 2.52. The van der Waals surface area contributed by atoms with Gasteiger partial charge in [-0.15, -0.1) is 12.4 Å². The first-order valence-electron chi connectivity index (χ1n) is 15.3. The van der Waals surface area contributed by atoms with Gasteiger partial charge in [-0.3, -0.25) is 4.79 Å². The molecule has 0 aromatic heterocycles. The number of carbonyl (C=O) groups is 2. The molecule has 2 aliphatic carbocycles. The van der Waals surface area contributed by atoms with E-state index in [1.54, 1.807) is 20.8 Å². The van der Waals surface area contributed by atoms with Crippen LogP contribution in [0.4, 0.5) is 31.1 Å². The second-order valence-electron chi connectivity index (χ2n) is 12.4. The fourth-order valence-corrected chi connectivity index (χ4v) is 5.20. The Balaban J connectivity index is 0.000000271. The lowest BCUT2D eigenvalue weighted by Gasteiger charge is -2.19. The Morgan fingerprint density at radius 1 is 0.760 bits per heavy atom. The number of ether oxygens (including phenoxy) is 4. The van der Waals surface area contributed by atoms with E-state index < -0.39 is 52.2 Å². The van der Waals surface area contributed by atoms with E-state index in [1.165, 1.54) is 39.5 Å². The Labute approximate surface area is 293 Å². The molecule has 3 N–H and O–H groups in total. The van der Waals surface area contributed by atoms with E-state index >= 15 is 0 Å². The lowest BCUT2D eigenvalue weighted by molar-refractivity contribution is 0.0525. The van der Waals surface area contributed by atoms with E-state index in [0.717, 1.165) is 24.6 Å². The molecule has 4 atom stereocenters. The molecular formula is C35H41ClF6N2O6. The molecule has 3 aromatic rings. The minimum atomic E-state index is -1.18. The maximum absolute atomic E-state index is 14.0. The standard InChI is InChI=1S/C16H21F2NO3.C11H13F2NO.C8H6F2O2.ClH/c1-16(2,3)22-15(20)19-8-9-7-10(9)13-12(21-4)6-5-11(17)14(13)18;1-15-9-3-2-8(12)11(13)10(9)7-4-6(7)5-14;1-12-7-3-2-6(9)8(10)5(7)4-11;/h5-6,9-10H,7-8H2,1-4H3,(H,19,20);2-3,6-7H,4-5,14H2,1H3;2-4H,1H3;1H. The van der Waals surface area contributed by atoms with Gasteiger partial charge in [0.05, 0.1) is 26.9 Å². The van der Waals surface area contributed by atoms with Gasteiger partial charge >= 0.3 is 6.09 Å². The first-order chi connectivity index (χ1) is 23.1. The van der Waals surface area contributed by atoms with Gasteiger partial charge in [0.1, 0.15) is 22.8 Å². The highest BCUT2D eigenvalue weighted by molar-refractivity contribution is 5.85. The van der Waals surface area contributed by atoms with Gasteiger partial charge in [-0.05, 0) is 100 Å². The number of aldehydes is 1. The second-order valence-corrected chi connectivity index (χ2v) is 12.4. The molecule has 0 bridgehead atoms. The number of amides is 1. The number of carbonyl (C=O) groups excluding carboxylic acids is 2. The van der Waals surface area contributed by atoms with Crippen LogP contribution >= 0.6 is 12.4 Å². The Hall–Kier alpha value is -4.17. The Bertz CT molecular complexity index is 1640. The van der Waals surface area contributed by atoms with Crippen LogP contribution in [0.3, 0.4) is 0 Å². The van der Waals surface area contributed by atoms with Crippen molar-refractivity contribution in [1.29, 1.82) is 0 Å². The third-order valence-corrected chi connectivity index (χ3v) is 7.85. The van der Waals surface area contributed by atoms with Crippen molar-refractivity contribution in [2.45, 2.75) is 51.0 Å².